The molecule has 0 aliphatic carbocycles. The van der Waals surface area contributed by atoms with Crippen LogP contribution in [-0.2, 0) is 6.54 Å². The van der Waals surface area contributed by atoms with E-state index in [1.807, 2.05) is 22.9 Å². The lowest BCUT2D eigenvalue weighted by molar-refractivity contribution is 0.244. The third-order valence-corrected chi connectivity index (χ3v) is 4.92. The largest absolute Gasteiger partial charge is 0.497 e. The van der Waals surface area contributed by atoms with Gasteiger partial charge in [0, 0.05) is 6.54 Å². The summed E-state index contributed by atoms with van der Waals surface area (Å²) in [5, 5.41) is 5.59. The van der Waals surface area contributed by atoms with Crippen LogP contribution < -0.4 is 9.47 Å². The summed E-state index contributed by atoms with van der Waals surface area (Å²) in [6.45, 7) is 8.58. The van der Waals surface area contributed by atoms with Gasteiger partial charge in [0.25, 0.3) is 0 Å². The van der Waals surface area contributed by atoms with E-state index in [0.717, 1.165) is 48.3 Å². The average molecular weight is 403 g/mol. The summed E-state index contributed by atoms with van der Waals surface area (Å²) in [5.41, 5.74) is 1.94. The highest BCUT2D eigenvalue weighted by atomic mass is 19.1. The number of nitrogens with zero attached hydrogens (tertiary/aromatic N) is 3. The van der Waals surface area contributed by atoms with Gasteiger partial charge in [0.05, 0.1) is 31.2 Å². The number of benzene rings is 2. The molecule has 158 valence electrons. The van der Waals surface area contributed by atoms with Crippen LogP contribution >= 0.6 is 0 Å². The van der Waals surface area contributed by atoms with Gasteiger partial charge in [-0.05, 0) is 55.4 Å². The van der Waals surface area contributed by atoms with Crippen LogP contribution in [0.1, 0.15) is 25.8 Å². The molecule has 0 fully saturated rings. The van der Waals surface area contributed by atoms with Gasteiger partial charge in [0.2, 0.25) is 5.88 Å². The van der Waals surface area contributed by atoms with Crippen LogP contribution in [0.3, 0.4) is 0 Å². The second kappa shape index (κ2) is 10.8. The van der Waals surface area contributed by atoms with Crippen molar-refractivity contribution < 1.29 is 19.3 Å². The van der Waals surface area contributed by atoms with Gasteiger partial charge in [-0.1, -0.05) is 26.0 Å². The first-order chi connectivity index (χ1) is 13.6. The fraction of sp³-hybridized carbons (Fsp3) is 0.409. The zero-order valence-corrected chi connectivity index (χ0v) is 17.3. The summed E-state index contributed by atoms with van der Waals surface area (Å²) < 4.78 is 26.5. The summed E-state index contributed by atoms with van der Waals surface area (Å²) in [5.74, 6) is 1.13. The van der Waals surface area contributed by atoms with Gasteiger partial charge >= 0.3 is 0 Å². The van der Waals surface area contributed by atoms with Gasteiger partial charge in [-0.15, -0.1) is 5.10 Å². The van der Waals surface area contributed by atoms with Crippen LogP contribution in [-0.4, -0.2) is 53.5 Å². The molecule has 0 spiro atoms. The minimum Gasteiger partial charge on any atom is -0.497 e. The van der Waals surface area contributed by atoms with Crippen molar-refractivity contribution in [3.05, 3.63) is 53.8 Å². The normalized spacial score (nSPS) is 10.9. The molecule has 3 aromatic rings. The molecule has 0 bridgehead atoms. The number of fused-ring (bicyclic) bond motifs is 1. The molecule has 0 saturated carbocycles. The van der Waals surface area contributed by atoms with E-state index in [2.05, 4.69) is 23.8 Å². The Morgan fingerprint density at radius 1 is 1.07 bits per heavy atom. The number of rotatable bonds is 10. The molecule has 3 rings (SSSR count). The molecule has 0 unspecified atom stereocenters. The molecule has 0 aliphatic heterocycles. The second-order valence-electron chi connectivity index (χ2n) is 6.70. The molecule has 29 heavy (non-hydrogen) atoms. The highest BCUT2D eigenvalue weighted by Gasteiger charge is 2.13. The summed E-state index contributed by atoms with van der Waals surface area (Å²) in [6.07, 6.45) is 0.942. The molecule has 2 aromatic carbocycles. The maximum Gasteiger partial charge on any atom is 0.240 e. The molecule has 2 N–H and O–H groups in total. The fourth-order valence-electron chi connectivity index (χ4n) is 3.24. The van der Waals surface area contributed by atoms with Crippen molar-refractivity contribution in [3.8, 4) is 11.6 Å². The maximum absolute atomic E-state index is 13.2. The molecule has 0 radical (unpaired) electrons. The number of ether oxygens (including phenoxy) is 2. The van der Waals surface area contributed by atoms with Gasteiger partial charge < -0.3 is 19.8 Å². The Kier molecular flexibility index (Phi) is 8.42. The minimum absolute atomic E-state index is 0. The third-order valence-electron chi connectivity index (χ3n) is 4.92. The van der Waals surface area contributed by atoms with Gasteiger partial charge in [-0.2, -0.15) is 0 Å². The van der Waals surface area contributed by atoms with E-state index in [-0.39, 0.29) is 11.3 Å². The second-order valence-corrected chi connectivity index (χ2v) is 6.70. The van der Waals surface area contributed by atoms with E-state index in [4.69, 9.17) is 9.47 Å². The van der Waals surface area contributed by atoms with Gasteiger partial charge in [0.1, 0.15) is 11.6 Å². The zero-order chi connectivity index (χ0) is 19.9. The number of aromatic nitrogens is 2. The van der Waals surface area contributed by atoms with E-state index < -0.39 is 0 Å². The minimum atomic E-state index is -0.240. The zero-order valence-electron chi connectivity index (χ0n) is 17.3. The van der Waals surface area contributed by atoms with Crippen LogP contribution in [0, 0.1) is 5.82 Å². The topological polar surface area (TPSA) is 71.0 Å². The Morgan fingerprint density at radius 3 is 2.45 bits per heavy atom. The maximum atomic E-state index is 13.2. The van der Waals surface area contributed by atoms with Crippen LogP contribution in [0.5, 0.6) is 11.6 Å². The van der Waals surface area contributed by atoms with Crippen molar-refractivity contribution in [1.82, 2.24) is 14.7 Å². The first-order valence-electron chi connectivity index (χ1n) is 9.78. The summed E-state index contributed by atoms with van der Waals surface area (Å²) in [4.78, 5) is 2.37. The summed E-state index contributed by atoms with van der Waals surface area (Å²) in [6, 6.07) is 12.3. The lowest BCUT2D eigenvalue weighted by atomic mass is 10.2. The molecule has 1 heterocycles. The van der Waals surface area contributed by atoms with E-state index >= 15 is 0 Å². The number of halogens is 1. The van der Waals surface area contributed by atoms with Crippen molar-refractivity contribution in [2.24, 2.45) is 0 Å². The molecule has 0 aliphatic rings. The quantitative estimate of drug-likeness (QED) is 0.486. The average Bonchev–Trinajstić information content (AvgIpc) is 3.06. The van der Waals surface area contributed by atoms with Crippen molar-refractivity contribution in [2.45, 2.75) is 26.8 Å². The standard InChI is InChI=1S/C22H28FN3O2.H2O/c1-4-25(5-2)13-6-14-28-22-20-15-19(27-3)11-12-21(20)26(24-22)16-17-7-9-18(23)10-8-17;/h7-12,15H,4-6,13-14,16H2,1-3H3;1H2. The smallest absolute Gasteiger partial charge is 0.240 e. The Balaban J connectivity index is 0.00000300. The Hall–Kier alpha value is -2.64. The molecule has 7 heteroatoms. The van der Waals surface area contributed by atoms with Gasteiger partial charge in [-0.3, -0.25) is 4.68 Å². The van der Waals surface area contributed by atoms with E-state index in [0.29, 0.717) is 19.0 Å². The third kappa shape index (κ3) is 5.68. The van der Waals surface area contributed by atoms with Crippen LogP contribution in [0.2, 0.25) is 0 Å². The van der Waals surface area contributed by atoms with Crippen molar-refractivity contribution in [3.63, 3.8) is 0 Å². The highest BCUT2D eigenvalue weighted by Crippen LogP contribution is 2.29. The number of methoxy groups -OCH3 is 1. The molecule has 0 saturated heterocycles. The summed E-state index contributed by atoms with van der Waals surface area (Å²) in [7, 11) is 1.65. The molecule has 0 atom stereocenters. The first kappa shape index (κ1) is 22.6. The molecular formula is C22H30FN3O3. The SMILES string of the molecule is CCN(CC)CCCOc1nn(Cc2ccc(F)cc2)c2ccc(OC)cc12.O. The van der Waals surface area contributed by atoms with Crippen molar-refractivity contribution in [2.75, 3.05) is 33.4 Å². The Labute approximate surface area is 171 Å². The molecule has 1 aromatic heterocycles. The van der Waals surface area contributed by atoms with Crippen LogP contribution in [0.15, 0.2) is 42.5 Å². The monoisotopic (exact) mass is 403 g/mol. The number of hydrogen-bond donors (Lipinski definition) is 0. The predicted molar refractivity (Wildman–Crippen MR) is 113 cm³/mol. The van der Waals surface area contributed by atoms with Crippen molar-refractivity contribution in [1.29, 1.82) is 0 Å². The first-order valence-corrected chi connectivity index (χ1v) is 9.78. The highest BCUT2D eigenvalue weighted by molar-refractivity contribution is 5.86. The Bertz CT molecular complexity index is 892. The van der Waals surface area contributed by atoms with E-state index in [1.165, 1.54) is 12.1 Å². The van der Waals surface area contributed by atoms with E-state index in [9.17, 15) is 4.39 Å². The number of hydrogen-bond acceptors (Lipinski definition) is 4. The van der Waals surface area contributed by atoms with Crippen LogP contribution in [0.4, 0.5) is 4.39 Å². The van der Waals surface area contributed by atoms with Crippen LogP contribution in [0.25, 0.3) is 10.9 Å². The molecule has 6 nitrogen and oxygen atoms in total. The lowest BCUT2D eigenvalue weighted by Gasteiger charge is -2.17. The summed E-state index contributed by atoms with van der Waals surface area (Å²) >= 11 is 0. The van der Waals surface area contributed by atoms with Gasteiger partial charge in [-0.25, -0.2) is 4.39 Å². The molecule has 0 amide bonds. The van der Waals surface area contributed by atoms with E-state index in [1.54, 1.807) is 19.2 Å². The Morgan fingerprint density at radius 2 is 1.79 bits per heavy atom. The van der Waals surface area contributed by atoms with Crippen molar-refractivity contribution >= 4 is 10.9 Å². The predicted octanol–water partition coefficient (Wildman–Crippen LogP) is 3.52. The lowest BCUT2D eigenvalue weighted by Crippen LogP contribution is -2.25. The molecular weight excluding hydrogens is 373 g/mol. The van der Waals surface area contributed by atoms with Gasteiger partial charge in [0.15, 0.2) is 0 Å². The fourth-order valence-corrected chi connectivity index (χ4v) is 3.24.